The molecule has 0 spiro atoms. The van der Waals surface area contributed by atoms with Gasteiger partial charge in [0.1, 0.15) is 0 Å². The number of hydrogen-bond donors (Lipinski definition) is 1. The van der Waals surface area contributed by atoms with Gasteiger partial charge in [0, 0.05) is 29.4 Å². The van der Waals surface area contributed by atoms with E-state index in [1.54, 1.807) is 6.26 Å². The van der Waals surface area contributed by atoms with E-state index in [9.17, 15) is 17.4 Å². The first-order valence-electron chi connectivity index (χ1n) is 6.25. The van der Waals surface area contributed by atoms with E-state index in [1.165, 1.54) is 7.11 Å². The van der Waals surface area contributed by atoms with Gasteiger partial charge in [-0.15, -0.1) is 0 Å². The third-order valence-corrected chi connectivity index (χ3v) is 6.10. The van der Waals surface area contributed by atoms with Crippen LogP contribution in [0.25, 0.3) is 0 Å². The van der Waals surface area contributed by atoms with Crippen LogP contribution in [0.2, 0.25) is 0 Å². The van der Waals surface area contributed by atoms with Crippen molar-refractivity contribution in [2.75, 3.05) is 25.7 Å². The van der Waals surface area contributed by atoms with Gasteiger partial charge in [-0.2, -0.15) is 0 Å². The Bertz CT molecular complexity index is 434. The first-order valence-corrected chi connectivity index (χ1v) is 9.52. The van der Waals surface area contributed by atoms with E-state index in [4.69, 9.17) is 0 Å². The van der Waals surface area contributed by atoms with Crippen LogP contribution in [0.15, 0.2) is 0 Å². The summed E-state index contributed by atoms with van der Waals surface area (Å²) in [6.07, 6.45) is 3.85. The van der Waals surface area contributed by atoms with Gasteiger partial charge in [0.15, 0.2) is 0 Å². The summed E-state index contributed by atoms with van der Waals surface area (Å²) in [5.41, 5.74) is 0. The molecule has 0 saturated heterocycles. The van der Waals surface area contributed by atoms with Crippen LogP contribution in [0.3, 0.4) is 0 Å². The Hall–Kier alpha value is -0.470. The van der Waals surface area contributed by atoms with Gasteiger partial charge in [0.05, 0.1) is 18.3 Å². The second-order valence-electron chi connectivity index (χ2n) is 4.67. The second-order valence-corrected chi connectivity index (χ2v) is 8.21. The number of rotatable bonds is 7. The average Bonchev–Trinajstić information content (AvgIpc) is 2.83. The van der Waals surface area contributed by atoms with Crippen molar-refractivity contribution >= 4 is 26.8 Å². The average molecular weight is 311 g/mol. The number of hydrogen-bond acceptors (Lipinski definition) is 5. The van der Waals surface area contributed by atoms with E-state index >= 15 is 0 Å². The molecule has 6 nitrogen and oxygen atoms in total. The molecule has 1 fully saturated rings. The minimum atomic E-state index is -3.51. The second kappa shape index (κ2) is 7.35. The Kier molecular flexibility index (Phi) is 6.41. The largest absolute Gasteiger partial charge is 0.469 e. The summed E-state index contributed by atoms with van der Waals surface area (Å²) in [4.78, 5) is 11.5. The molecule has 0 aromatic heterocycles. The van der Waals surface area contributed by atoms with Gasteiger partial charge in [-0.3, -0.25) is 9.00 Å². The predicted octanol–water partition coefficient (Wildman–Crippen LogP) is 0.0161. The highest BCUT2D eigenvalue weighted by atomic mass is 32.2. The number of esters is 1. The molecule has 0 radical (unpaired) electrons. The summed E-state index contributed by atoms with van der Waals surface area (Å²) < 4.78 is 42.2. The van der Waals surface area contributed by atoms with E-state index in [1.807, 2.05) is 0 Å². The number of carbonyl (C=O) groups excluding carboxylic acids is 1. The monoisotopic (exact) mass is 311 g/mol. The third kappa shape index (κ3) is 4.85. The molecule has 8 heteroatoms. The van der Waals surface area contributed by atoms with Crippen molar-refractivity contribution in [2.24, 2.45) is 5.92 Å². The van der Waals surface area contributed by atoms with Gasteiger partial charge in [-0.05, 0) is 19.3 Å². The van der Waals surface area contributed by atoms with Gasteiger partial charge < -0.3 is 4.74 Å². The van der Waals surface area contributed by atoms with Crippen molar-refractivity contribution < 1.29 is 22.2 Å². The van der Waals surface area contributed by atoms with Crippen molar-refractivity contribution in [3.63, 3.8) is 0 Å². The highest BCUT2D eigenvalue weighted by Crippen LogP contribution is 2.31. The van der Waals surface area contributed by atoms with Crippen LogP contribution in [-0.2, 0) is 30.4 Å². The van der Waals surface area contributed by atoms with Crippen LogP contribution in [-0.4, -0.2) is 49.5 Å². The van der Waals surface area contributed by atoms with Crippen LogP contribution in [0.4, 0.5) is 0 Å². The SMILES string of the molecule is COC(=O)C1CCCC1S(=O)(=O)NCCCS(C)=O. The molecular formula is C11H21NO5S2. The van der Waals surface area contributed by atoms with Crippen LogP contribution in [0, 0.1) is 5.92 Å². The van der Waals surface area contributed by atoms with Crippen molar-refractivity contribution in [3.8, 4) is 0 Å². The third-order valence-electron chi connectivity index (χ3n) is 3.27. The molecule has 1 N–H and O–H groups in total. The molecule has 1 aliphatic rings. The number of nitrogens with one attached hydrogen (secondary N) is 1. The minimum Gasteiger partial charge on any atom is -0.469 e. The smallest absolute Gasteiger partial charge is 0.310 e. The maximum Gasteiger partial charge on any atom is 0.310 e. The first kappa shape index (κ1) is 16.6. The lowest BCUT2D eigenvalue weighted by Crippen LogP contribution is -2.40. The Balaban J connectivity index is 2.56. The lowest BCUT2D eigenvalue weighted by Gasteiger charge is -2.18. The molecule has 1 rings (SSSR count). The molecule has 0 amide bonds. The number of carbonyl (C=O) groups is 1. The highest BCUT2D eigenvalue weighted by molar-refractivity contribution is 7.90. The zero-order valence-electron chi connectivity index (χ0n) is 11.3. The molecule has 19 heavy (non-hydrogen) atoms. The normalized spacial score (nSPS) is 25.2. The Morgan fingerprint density at radius 3 is 2.68 bits per heavy atom. The predicted molar refractivity (Wildman–Crippen MR) is 73.6 cm³/mol. The molecule has 1 saturated carbocycles. The molecule has 0 aromatic carbocycles. The molecular weight excluding hydrogens is 290 g/mol. The van der Waals surface area contributed by atoms with Gasteiger partial charge in [0.25, 0.3) is 0 Å². The minimum absolute atomic E-state index is 0.256. The molecule has 0 bridgehead atoms. The zero-order chi connectivity index (χ0) is 14.5. The maximum absolute atomic E-state index is 12.1. The summed E-state index contributed by atoms with van der Waals surface area (Å²) in [7, 11) is -3.16. The van der Waals surface area contributed by atoms with Crippen LogP contribution >= 0.6 is 0 Å². The van der Waals surface area contributed by atoms with E-state index < -0.39 is 38.0 Å². The first-order chi connectivity index (χ1) is 8.88. The van der Waals surface area contributed by atoms with E-state index in [0.717, 1.165) is 0 Å². The summed E-state index contributed by atoms with van der Waals surface area (Å²) in [6.45, 7) is 0.256. The topological polar surface area (TPSA) is 89.5 Å². The molecule has 0 aromatic rings. The van der Waals surface area contributed by atoms with E-state index in [-0.39, 0.29) is 6.54 Å². The van der Waals surface area contributed by atoms with Gasteiger partial charge in [0.2, 0.25) is 10.0 Å². The van der Waals surface area contributed by atoms with Crippen molar-refractivity contribution in [1.29, 1.82) is 0 Å². The fourth-order valence-corrected chi connectivity index (χ4v) is 4.67. The Labute approximate surface area is 116 Å². The Morgan fingerprint density at radius 2 is 2.11 bits per heavy atom. The van der Waals surface area contributed by atoms with Crippen LogP contribution < -0.4 is 4.72 Å². The number of methoxy groups -OCH3 is 1. The van der Waals surface area contributed by atoms with Gasteiger partial charge >= 0.3 is 5.97 Å². The molecule has 3 unspecified atom stereocenters. The van der Waals surface area contributed by atoms with Crippen LogP contribution in [0.5, 0.6) is 0 Å². The Morgan fingerprint density at radius 1 is 1.42 bits per heavy atom. The number of ether oxygens (including phenoxy) is 1. The zero-order valence-corrected chi connectivity index (χ0v) is 12.9. The maximum atomic E-state index is 12.1. The number of sulfonamides is 1. The lowest BCUT2D eigenvalue weighted by molar-refractivity contribution is -0.145. The summed E-state index contributed by atoms with van der Waals surface area (Å²) >= 11 is 0. The van der Waals surface area contributed by atoms with Gasteiger partial charge in [-0.25, -0.2) is 13.1 Å². The van der Waals surface area contributed by atoms with Crippen molar-refractivity contribution in [2.45, 2.75) is 30.9 Å². The summed E-state index contributed by atoms with van der Waals surface area (Å²) in [5.74, 6) is -0.557. The van der Waals surface area contributed by atoms with Crippen LogP contribution in [0.1, 0.15) is 25.7 Å². The fraction of sp³-hybridized carbons (Fsp3) is 0.909. The summed E-state index contributed by atoms with van der Waals surface area (Å²) in [5, 5.41) is -0.702. The summed E-state index contributed by atoms with van der Waals surface area (Å²) in [6, 6.07) is 0. The molecule has 112 valence electrons. The van der Waals surface area contributed by atoms with Crippen molar-refractivity contribution in [3.05, 3.63) is 0 Å². The fourth-order valence-electron chi connectivity index (χ4n) is 2.32. The van der Waals surface area contributed by atoms with Gasteiger partial charge in [-0.1, -0.05) is 6.42 Å². The van der Waals surface area contributed by atoms with Crippen molar-refractivity contribution in [1.82, 2.24) is 4.72 Å². The molecule has 3 atom stereocenters. The standard InChI is InChI=1S/C11H21NO5S2/c1-17-11(13)9-5-3-6-10(9)19(15,16)12-7-4-8-18(2)14/h9-10,12H,3-8H2,1-2H3. The van der Waals surface area contributed by atoms with E-state index in [0.29, 0.717) is 31.4 Å². The molecule has 0 aliphatic heterocycles. The quantitative estimate of drug-likeness (QED) is 0.529. The molecule has 1 aliphatic carbocycles. The molecule has 0 heterocycles. The van der Waals surface area contributed by atoms with E-state index in [2.05, 4.69) is 9.46 Å². The lowest BCUT2D eigenvalue weighted by atomic mass is 10.1. The highest BCUT2D eigenvalue weighted by Gasteiger charge is 2.41.